The highest BCUT2D eigenvalue weighted by Crippen LogP contribution is 2.36. The van der Waals surface area contributed by atoms with Gasteiger partial charge >= 0.3 is 0 Å². The van der Waals surface area contributed by atoms with E-state index in [1.165, 1.54) is 11.3 Å². The number of rotatable bonds is 5. The number of thiophene rings is 1. The molecule has 0 saturated heterocycles. The highest BCUT2D eigenvalue weighted by molar-refractivity contribution is 7.17. The van der Waals surface area contributed by atoms with E-state index in [-0.39, 0.29) is 24.2 Å². The molecule has 0 aliphatic carbocycles. The Balaban J connectivity index is 1.61. The minimum absolute atomic E-state index is 0.240. The van der Waals surface area contributed by atoms with E-state index in [1.807, 2.05) is 43.3 Å². The molecule has 0 spiro atoms. The average molecular weight is 546 g/mol. The number of benzene rings is 1. The highest BCUT2D eigenvalue weighted by Gasteiger charge is 2.30. The number of pyridine rings is 1. The number of fused-ring (bicyclic) bond motifs is 1. The van der Waals surface area contributed by atoms with Crippen molar-refractivity contribution in [3.63, 3.8) is 0 Å². The first-order valence-corrected chi connectivity index (χ1v) is 12.7. The van der Waals surface area contributed by atoms with Gasteiger partial charge in [0.1, 0.15) is 0 Å². The summed E-state index contributed by atoms with van der Waals surface area (Å²) in [6.45, 7) is 2.47. The topological polar surface area (TPSA) is 69.0 Å². The fraction of sp³-hybridized carbons (Fsp3) is 0.160. The van der Waals surface area contributed by atoms with E-state index in [1.54, 1.807) is 29.1 Å². The van der Waals surface area contributed by atoms with E-state index in [0.717, 1.165) is 21.8 Å². The summed E-state index contributed by atoms with van der Waals surface area (Å²) < 4.78 is 8.25. The maximum Gasteiger partial charge on any atom is 0.272 e. The molecule has 1 aliphatic rings. The van der Waals surface area contributed by atoms with Gasteiger partial charge in [-0.25, -0.2) is 4.68 Å². The molecule has 1 N–H and O–H groups in total. The SMILES string of the molecule is CC(NC(=O)c1nn(-c2ccc(Cl)cc2Cl)c2c1COCC2=Cc1ccc(Cl)s1)c1ccccn1. The van der Waals surface area contributed by atoms with Crippen LogP contribution < -0.4 is 5.32 Å². The summed E-state index contributed by atoms with van der Waals surface area (Å²) in [6, 6.07) is 14.2. The molecule has 0 radical (unpaired) electrons. The first kappa shape index (κ1) is 24.0. The lowest BCUT2D eigenvalue weighted by Gasteiger charge is -2.19. The molecule has 178 valence electrons. The molecule has 4 aromatic rings. The van der Waals surface area contributed by atoms with Crippen LogP contribution in [0.2, 0.25) is 14.4 Å². The van der Waals surface area contributed by atoms with Crippen molar-refractivity contribution in [2.45, 2.75) is 19.6 Å². The Hall–Kier alpha value is -2.68. The van der Waals surface area contributed by atoms with Gasteiger partial charge in [-0.05, 0) is 55.5 Å². The van der Waals surface area contributed by atoms with Gasteiger partial charge in [0.25, 0.3) is 5.91 Å². The normalized spacial score (nSPS) is 15.1. The molecule has 1 unspecified atom stereocenters. The zero-order valence-electron chi connectivity index (χ0n) is 18.5. The highest BCUT2D eigenvalue weighted by atomic mass is 35.5. The number of halogens is 3. The molecule has 4 heterocycles. The van der Waals surface area contributed by atoms with Crippen molar-refractivity contribution < 1.29 is 9.53 Å². The minimum Gasteiger partial charge on any atom is -0.372 e. The molecule has 3 aromatic heterocycles. The summed E-state index contributed by atoms with van der Waals surface area (Å²) in [5, 5.41) is 8.63. The zero-order valence-corrected chi connectivity index (χ0v) is 21.5. The van der Waals surface area contributed by atoms with Crippen LogP contribution in [0.5, 0.6) is 0 Å². The van der Waals surface area contributed by atoms with E-state index < -0.39 is 0 Å². The predicted molar refractivity (Wildman–Crippen MR) is 141 cm³/mol. The second kappa shape index (κ2) is 10.1. The van der Waals surface area contributed by atoms with Crippen LogP contribution in [0.3, 0.4) is 0 Å². The summed E-state index contributed by atoms with van der Waals surface area (Å²) in [5.41, 5.74) is 3.94. The van der Waals surface area contributed by atoms with E-state index >= 15 is 0 Å². The molecule has 6 nitrogen and oxygen atoms in total. The van der Waals surface area contributed by atoms with Crippen molar-refractivity contribution in [3.8, 4) is 5.69 Å². The van der Waals surface area contributed by atoms with Crippen LogP contribution in [0, 0.1) is 0 Å². The minimum atomic E-state index is -0.327. The van der Waals surface area contributed by atoms with Gasteiger partial charge in [-0.1, -0.05) is 40.9 Å². The maximum absolute atomic E-state index is 13.4. The molecule has 0 fully saturated rings. The fourth-order valence-electron chi connectivity index (χ4n) is 3.92. The average Bonchev–Trinajstić information content (AvgIpc) is 3.43. The lowest BCUT2D eigenvalue weighted by Crippen LogP contribution is -2.28. The quantitative estimate of drug-likeness (QED) is 0.298. The largest absolute Gasteiger partial charge is 0.372 e. The van der Waals surface area contributed by atoms with Crippen LogP contribution in [0.15, 0.2) is 54.7 Å². The number of nitrogens with one attached hydrogen (secondary N) is 1. The van der Waals surface area contributed by atoms with Gasteiger partial charge < -0.3 is 10.1 Å². The number of hydrogen-bond acceptors (Lipinski definition) is 5. The number of aromatic nitrogens is 3. The first-order chi connectivity index (χ1) is 16.9. The third kappa shape index (κ3) is 5.01. The van der Waals surface area contributed by atoms with Gasteiger partial charge in [0.2, 0.25) is 0 Å². The van der Waals surface area contributed by atoms with Crippen LogP contribution >= 0.6 is 46.1 Å². The van der Waals surface area contributed by atoms with Crippen LogP contribution in [0.25, 0.3) is 17.3 Å². The van der Waals surface area contributed by atoms with Crippen molar-refractivity contribution >= 4 is 63.7 Å². The fourth-order valence-corrected chi connectivity index (χ4v) is 5.43. The summed E-state index contributed by atoms with van der Waals surface area (Å²) in [6.07, 6.45) is 3.69. The Morgan fingerprint density at radius 3 is 2.74 bits per heavy atom. The second-order valence-electron chi connectivity index (χ2n) is 7.94. The van der Waals surface area contributed by atoms with Gasteiger partial charge in [0.15, 0.2) is 5.69 Å². The standard InChI is InChI=1S/C25H19Cl3N4O2S/c1-14(20-4-2-3-9-29-20)30-25(33)23-18-13-34-12-15(10-17-6-8-22(28)35-17)24(18)32(31-23)21-7-5-16(26)11-19(21)27/h2-11,14H,12-13H2,1H3,(H,30,33). The summed E-state index contributed by atoms with van der Waals surface area (Å²) in [7, 11) is 0. The van der Waals surface area contributed by atoms with Crippen molar-refractivity contribution in [2.24, 2.45) is 0 Å². The number of hydrogen-bond donors (Lipinski definition) is 1. The van der Waals surface area contributed by atoms with Crippen LogP contribution in [-0.2, 0) is 11.3 Å². The Bertz CT molecular complexity index is 1430. The van der Waals surface area contributed by atoms with Crippen molar-refractivity contribution in [1.82, 2.24) is 20.1 Å². The van der Waals surface area contributed by atoms with Crippen molar-refractivity contribution in [1.29, 1.82) is 0 Å². The number of nitrogens with zero attached hydrogens (tertiary/aromatic N) is 3. The number of amides is 1. The molecule has 1 aromatic carbocycles. The molecule has 1 aliphatic heterocycles. The summed E-state index contributed by atoms with van der Waals surface area (Å²) in [5.74, 6) is -0.327. The maximum atomic E-state index is 13.4. The predicted octanol–water partition coefficient (Wildman–Crippen LogP) is 6.85. The molecule has 0 saturated carbocycles. The van der Waals surface area contributed by atoms with Crippen LogP contribution in [0.4, 0.5) is 0 Å². The molecule has 10 heteroatoms. The van der Waals surface area contributed by atoms with E-state index in [4.69, 9.17) is 44.6 Å². The number of carbonyl (C=O) groups excluding carboxylic acids is 1. The van der Waals surface area contributed by atoms with E-state index in [9.17, 15) is 4.79 Å². The molecule has 35 heavy (non-hydrogen) atoms. The van der Waals surface area contributed by atoms with E-state index in [2.05, 4.69) is 10.3 Å². The number of ether oxygens (including phenoxy) is 1. The van der Waals surface area contributed by atoms with Gasteiger partial charge in [-0.15, -0.1) is 11.3 Å². The molecule has 5 rings (SSSR count). The Labute approximate surface area is 221 Å². The summed E-state index contributed by atoms with van der Waals surface area (Å²) >= 11 is 20.3. The lowest BCUT2D eigenvalue weighted by molar-refractivity contribution is 0.0925. The number of carbonyl (C=O) groups is 1. The summed E-state index contributed by atoms with van der Waals surface area (Å²) in [4.78, 5) is 18.7. The van der Waals surface area contributed by atoms with Gasteiger partial charge in [-0.3, -0.25) is 9.78 Å². The molecule has 0 bridgehead atoms. The lowest BCUT2D eigenvalue weighted by atomic mass is 10.0. The van der Waals surface area contributed by atoms with Crippen molar-refractivity contribution in [3.05, 3.63) is 96.6 Å². The Kier molecular flexibility index (Phi) is 6.95. The smallest absolute Gasteiger partial charge is 0.272 e. The van der Waals surface area contributed by atoms with Gasteiger partial charge in [0, 0.05) is 27.2 Å². The second-order valence-corrected chi connectivity index (χ2v) is 10.5. The Morgan fingerprint density at radius 1 is 1.17 bits per heavy atom. The molecular formula is C25H19Cl3N4O2S. The monoisotopic (exact) mass is 544 g/mol. The van der Waals surface area contributed by atoms with Crippen molar-refractivity contribution in [2.75, 3.05) is 6.61 Å². The van der Waals surface area contributed by atoms with Crippen LogP contribution in [0.1, 0.15) is 45.3 Å². The van der Waals surface area contributed by atoms with Gasteiger partial charge in [0.05, 0.1) is 45.7 Å². The molecular weight excluding hydrogens is 527 g/mol. The first-order valence-electron chi connectivity index (χ1n) is 10.7. The Morgan fingerprint density at radius 2 is 2.03 bits per heavy atom. The third-order valence-electron chi connectivity index (χ3n) is 5.53. The van der Waals surface area contributed by atoms with Gasteiger partial charge in [-0.2, -0.15) is 5.10 Å². The zero-order chi connectivity index (χ0) is 24.5. The molecule has 1 atom stereocenters. The molecule has 1 amide bonds. The third-order valence-corrected chi connectivity index (χ3v) is 7.25. The van der Waals surface area contributed by atoms with E-state index in [0.29, 0.717) is 32.2 Å². The van der Waals surface area contributed by atoms with Crippen LogP contribution in [-0.4, -0.2) is 27.3 Å².